The van der Waals surface area contributed by atoms with Gasteiger partial charge < -0.3 is 10.5 Å². The highest BCUT2D eigenvalue weighted by molar-refractivity contribution is 5.19. The summed E-state index contributed by atoms with van der Waals surface area (Å²) in [5.41, 5.74) is 6.06. The van der Waals surface area contributed by atoms with Crippen LogP contribution in [-0.2, 0) is 0 Å². The van der Waals surface area contributed by atoms with Gasteiger partial charge in [-0.2, -0.15) is 10.2 Å². The summed E-state index contributed by atoms with van der Waals surface area (Å²) in [4.78, 5) is 8.04. The molecule has 1 saturated carbocycles. The van der Waals surface area contributed by atoms with E-state index in [1.165, 1.54) is 6.42 Å². The third kappa shape index (κ3) is 2.92. The molecule has 90 valence electrons. The van der Waals surface area contributed by atoms with E-state index in [9.17, 15) is 0 Å². The van der Waals surface area contributed by atoms with Crippen molar-refractivity contribution < 1.29 is 4.74 Å². The van der Waals surface area contributed by atoms with Gasteiger partial charge in [-0.3, -0.25) is 0 Å². The molecular weight excluding hydrogens is 216 g/mol. The summed E-state index contributed by atoms with van der Waals surface area (Å²) >= 11 is 0. The van der Waals surface area contributed by atoms with Crippen molar-refractivity contribution in [1.82, 2.24) is 9.97 Å². The van der Waals surface area contributed by atoms with E-state index in [2.05, 4.69) is 9.97 Å². The van der Waals surface area contributed by atoms with Crippen molar-refractivity contribution in [3.05, 3.63) is 18.0 Å². The Bertz CT molecular complexity index is 415. The number of aromatic nitrogens is 2. The Balaban J connectivity index is 2.06. The zero-order valence-electron chi connectivity index (χ0n) is 9.67. The van der Waals surface area contributed by atoms with Gasteiger partial charge in [0.2, 0.25) is 0 Å². The monoisotopic (exact) mass is 232 g/mol. The molecule has 1 aliphatic rings. The number of hydrogen-bond acceptors (Lipinski definition) is 5. The maximum atomic E-state index is 8.75. The smallest absolute Gasteiger partial charge is 0.317 e. The zero-order chi connectivity index (χ0) is 12.1. The van der Waals surface area contributed by atoms with E-state index in [0.29, 0.717) is 18.2 Å². The molecule has 0 aliphatic heterocycles. The van der Waals surface area contributed by atoms with Crippen molar-refractivity contribution in [1.29, 1.82) is 5.26 Å². The number of nitrogens with two attached hydrogens (primary N) is 1. The normalized spacial score (nSPS) is 24.0. The lowest BCUT2D eigenvalue weighted by Crippen LogP contribution is -2.35. The minimum Gasteiger partial charge on any atom is -0.460 e. The van der Waals surface area contributed by atoms with Crippen LogP contribution in [0.2, 0.25) is 0 Å². The quantitative estimate of drug-likeness (QED) is 0.847. The lowest BCUT2D eigenvalue weighted by molar-refractivity contribution is 0.0871. The Morgan fingerprint density at radius 3 is 3.06 bits per heavy atom. The molecule has 5 heteroatoms. The molecule has 0 spiro atoms. The largest absolute Gasteiger partial charge is 0.460 e. The second-order valence-electron chi connectivity index (χ2n) is 4.27. The summed E-state index contributed by atoms with van der Waals surface area (Å²) in [6, 6.07) is 3.82. The molecule has 0 saturated heterocycles. The van der Waals surface area contributed by atoms with Crippen LogP contribution in [0.5, 0.6) is 6.01 Å². The van der Waals surface area contributed by atoms with Crippen LogP contribution >= 0.6 is 0 Å². The van der Waals surface area contributed by atoms with Gasteiger partial charge in [-0.15, -0.1) is 0 Å². The standard InChI is InChI=1S/C12H16N4O/c13-7-9-3-1-2-4-11(9)17-12-15-6-5-10(8-14)16-12/h5-6,9,11H,1-4,7,13H2. The fourth-order valence-corrected chi connectivity index (χ4v) is 2.19. The first-order chi connectivity index (χ1) is 8.33. The topological polar surface area (TPSA) is 84.8 Å². The van der Waals surface area contributed by atoms with Gasteiger partial charge in [-0.05, 0) is 31.9 Å². The Morgan fingerprint density at radius 2 is 2.29 bits per heavy atom. The van der Waals surface area contributed by atoms with Crippen molar-refractivity contribution in [2.24, 2.45) is 11.7 Å². The first-order valence-electron chi connectivity index (χ1n) is 5.93. The molecule has 2 rings (SSSR count). The summed E-state index contributed by atoms with van der Waals surface area (Å²) in [6.45, 7) is 0.628. The molecule has 0 radical (unpaired) electrons. The first-order valence-corrected chi connectivity index (χ1v) is 5.93. The van der Waals surface area contributed by atoms with E-state index in [0.717, 1.165) is 19.3 Å². The summed E-state index contributed by atoms with van der Waals surface area (Å²) in [5.74, 6) is 0.373. The van der Waals surface area contributed by atoms with E-state index in [-0.39, 0.29) is 12.1 Å². The molecule has 2 atom stereocenters. The minimum absolute atomic E-state index is 0.0858. The molecule has 1 aromatic heterocycles. The lowest BCUT2D eigenvalue weighted by Gasteiger charge is -2.30. The maximum Gasteiger partial charge on any atom is 0.317 e. The van der Waals surface area contributed by atoms with Crippen LogP contribution in [-0.4, -0.2) is 22.6 Å². The van der Waals surface area contributed by atoms with Gasteiger partial charge in [-0.1, -0.05) is 6.42 Å². The predicted octanol–water partition coefficient (Wildman–Crippen LogP) is 1.24. The minimum atomic E-state index is 0.0858. The van der Waals surface area contributed by atoms with Crippen molar-refractivity contribution in [3.8, 4) is 12.1 Å². The molecule has 0 bridgehead atoms. The predicted molar refractivity (Wildman–Crippen MR) is 62.2 cm³/mol. The molecule has 0 aromatic carbocycles. The highest BCUT2D eigenvalue weighted by atomic mass is 16.5. The van der Waals surface area contributed by atoms with Gasteiger partial charge in [0.25, 0.3) is 0 Å². The number of ether oxygens (including phenoxy) is 1. The van der Waals surface area contributed by atoms with Crippen LogP contribution in [0, 0.1) is 17.2 Å². The number of nitriles is 1. The molecule has 1 heterocycles. The molecule has 0 amide bonds. The fraction of sp³-hybridized carbons (Fsp3) is 0.583. The van der Waals surface area contributed by atoms with Gasteiger partial charge in [0.15, 0.2) is 0 Å². The molecule has 1 fully saturated rings. The van der Waals surface area contributed by atoms with Crippen LogP contribution in [0.4, 0.5) is 0 Å². The molecule has 2 N–H and O–H groups in total. The van der Waals surface area contributed by atoms with E-state index in [4.69, 9.17) is 15.7 Å². The van der Waals surface area contributed by atoms with Crippen molar-refractivity contribution in [2.45, 2.75) is 31.8 Å². The van der Waals surface area contributed by atoms with Gasteiger partial charge >= 0.3 is 6.01 Å². The Labute approximate surface area is 101 Å². The molecule has 1 aliphatic carbocycles. The van der Waals surface area contributed by atoms with E-state index < -0.39 is 0 Å². The van der Waals surface area contributed by atoms with Crippen molar-refractivity contribution in [3.63, 3.8) is 0 Å². The maximum absolute atomic E-state index is 8.75. The number of nitrogens with zero attached hydrogens (tertiary/aromatic N) is 3. The van der Waals surface area contributed by atoms with E-state index >= 15 is 0 Å². The van der Waals surface area contributed by atoms with E-state index in [1.807, 2.05) is 6.07 Å². The third-order valence-electron chi connectivity index (χ3n) is 3.15. The zero-order valence-corrected chi connectivity index (χ0v) is 9.67. The van der Waals surface area contributed by atoms with Crippen LogP contribution in [0.3, 0.4) is 0 Å². The molecule has 1 aromatic rings. The highest BCUT2D eigenvalue weighted by Gasteiger charge is 2.26. The van der Waals surface area contributed by atoms with Crippen LogP contribution < -0.4 is 10.5 Å². The third-order valence-corrected chi connectivity index (χ3v) is 3.15. The summed E-state index contributed by atoms with van der Waals surface area (Å²) in [5, 5.41) is 8.75. The number of hydrogen-bond donors (Lipinski definition) is 1. The molecule has 17 heavy (non-hydrogen) atoms. The first kappa shape index (κ1) is 11.8. The van der Waals surface area contributed by atoms with Crippen LogP contribution in [0.1, 0.15) is 31.4 Å². The Morgan fingerprint density at radius 1 is 1.47 bits per heavy atom. The van der Waals surface area contributed by atoms with Crippen molar-refractivity contribution in [2.75, 3.05) is 6.54 Å². The van der Waals surface area contributed by atoms with E-state index in [1.54, 1.807) is 12.3 Å². The second kappa shape index (κ2) is 5.60. The van der Waals surface area contributed by atoms with Crippen LogP contribution in [0.15, 0.2) is 12.3 Å². The van der Waals surface area contributed by atoms with Gasteiger partial charge in [0, 0.05) is 12.1 Å². The molecular formula is C12H16N4O. The summed E-state index contributed by atoms with van der Waals surface area (Å²) in [7, 11) is 0. The van der Waals surface area contributed by atoms with Gasteiger partial charge in [0.1, 0.15) is 17.9 Å². The Kier molecular flexibility index (Phi) is 3.89. The van der Waals surface area contributed by atoms with Crippen molar-refractivity contribution >= 4 is 0 Å². The average Bonchev–Trinajstić information content (AvgIpc) is 2.39. The highest BCUT2D eigenvalue weighted by Crippen LogP contribution is 2.26. The molecule has 2 unspecified atom stereocenters. The van der Waals surface area contributed by atoms with Gasteiger partial charge in [-0.25, -0.2) is 4.98 Å². The lowest BCUT2D eigenvalue weighted by atomic mass is 9.86. The average molecular weight is 232 g/mol. The summed E-state index contributed by atoms with van der Waals surface area (Å²) < 4.78 is 5.75. The summed E-state index contributed by atoms with van der Waals surface area (Å²) in [6.07, 6.45) is 6.07. The fourth-order valence-electron chi connectivity index (χ4n) is 2.19. The van der Waals surface area contributed by atoms with Gasteiger partial charge in [0.05, 0.1) is 0 Å². The Hall–Kier alpha value is -1.67. The second-order valence-corrected chi connectivity index (χ2v) is 4.27. The van der Waals surface area contributed by atoms with Crippen LogP contribution in [0.25, 0.3) is 0 Å². The molecule has 5 nitrogen and oxygen atoms in total. The number of rotatable bonds is 3. The SMILES string of the molecule is N#Cc1ccnc(OC2CCCCC2CN)n1.